The predicted molar refractivity (Wildman–Crippen MR) is 162 cm³/mol. The van der Waals surface area contributed by atoms with Gasteiger partial charge in [0.15, 0.2) is 0 Å². The van der Waals surface area contributed by atoms with Crippen molar-refractivity contribution in [3.63, 3.8) is 0 Å². The summed E-state index contributed by atoms with van der Waals surface area (Å²) < 4.78 is 21.5. The smallest absolute Gasteiger partial charge is 0.215 e. The average molecular weight is 718 g/mol. The molecule has 41 heavy (non-hydrogen) atoms. The quantitative estimate of drug-likeness (QED) is 0.171. The molecule has 1 aliphatic carbocycles. The molecule has 0 saturated heterocycles. The minimum Gasteiger partial charge on any atom is -0.458 e. The molecule has 5 heteroatoms. The molecule has 209 valence electrons. The van der Waals surface area contributed by atoms with E-state index in [4.69, 9.17) is 7.16 Å². The Morgan fingerprint density at radius 2 is 1.71 bits per heavy atom. The van der Waals surface area contributed by atoms with Gasteiger partial charge in [0.1, 0.15) is 0 Å². The molecule has 4 nitrogen and oxygen atoms in total. The van der Waals surface area contributed by atoms with E-state index < -0.39 is 0 Å². The zero-order valence-electron chi connectivity index (χ0n) is 25.8. The van der Waals surface area contributed by atoms with Crippen molar-refractivity contribution in [2.45, 2.75) is 59.3 Å². The van der Waals surface area contributed by atoms with Crippen LogP contribution in [-0.2, 0) is 20.1 Å². The van der Waals surface area contributed by atoms with Crippen LogP contribution in [0.3, 0.4) is 0 Å². The second-order valence-corrected chi connectivity index (χ2v) is 10.7. The first-order valence-electron chi connectivity index (χ1n) is 14.9. The Kier molecular flexibility index (Phi) is 7.98. The van der Waals surface area contributed by atoms with E-state index in [0.29, 0.717) is 22.6 Å². The average Bonchev–Trinajstić information content (AvgIpc) is 3.64. The minimum absolute atomic E-state index is 0. The number of hydrogen-bond acceptors (Lipinski definition) is 4. The monoisotopic (exact) mass is 718 g/mol. The van der Waals surface area contributed by atoms with Crippen molar-refractivity contribution >= 4 is 22.1 Å². The summed E-state index contributed by atoms with van der Waals surface area (Å²) >= 11 is 0. The third kappa shape index (κ3) is 6.02. The second-order valence-electron chi connectivity index (χ2n) is 10.7. The van der Waals surface area contributed by atoms with Gasteiger partial charge in [-0.15, -0.1) is 52.6 Å². The van der Waals surface area contributed by atoms with Crippen LogP contribution in [0, 0.1) is 39.8 Å². The van der Waals surface area contributed by atoms with Gasteiger partial charge in [-0.05, 0) is 72.8 Å². The number of hydrogen-bond donors (Lipinski definition) is 0. The molecule has 1 saturated carbocycles. The van der Waals surface area contributed by atoms with Crippen molar-refractivity contribution in [2.75, 3.05) is 0 Å². The van der Waals surface area contributed by atoms with Gasteiger partial charge >= 0.3 is 0 Å². The molecule has 0 amide bonds. The van der Waals surface area contributed by atoms with E-state index in [1.54, 1.807) is 12.3 Å². The Morgan fingerprint density at radius 1 is 0.878 bits per heavy atom. The van der Waals surface area contributed by atoms with Gasteiger partial charge in [-0.3, -0.25) is 0 Å². The molecule has 7 rings (SSSR count). The SMILES string of the molecule is Cc1c[c-]c(-c2cc(C3CCCC3)c(C)cn2)c(C)c1.[2H]c1ccnc(-c2[c-]cc3c(c2)oc2nccc(C)c23)c1[2H].[Ir]. The van der Waals surface area contributed by atoms with E-state index in [0.717, 1.165) is 33.5 Å². The van der Waals surface area contributed by atoms with Crippen molar-refractivity contribution in [3.8, 4) is 22.5 Å². The molecule has 0 aliphatic heterocycles. The number of benzene rings is 2. The number of fused-ring (bicyclic) bond motifs is 3. The normalized spacial score (nSPS) is 13.9. The van der Waals surface area contributed by atoms with Crippen LogP contribution >= 0.6 is 0 Å². The molecule has 4 heterocycles. The minimum atomic E-state index is 0. The van der Waals surface area contributed by atoms with Crippen LogP contribution < -0.4 is 0 Å². The molecule has 0 N–H and O–H groups in total. The first-order chi connectivity index (χ1) is 20.3. The maximum absolute atomic E-state index is 7.97. The Hall–Kier alpha value is -3.66. The summed E-state index contributed by atoms with van der Waals surface area (Å²) in [5, 5.41) is 1.92. The van der Waals surface area contributed by atoms with Crippen LogP contribution in [0.4, 0.5) is 0 Å². The fraction of sp³-hybridized carbons (Fsp3) is 0.250. The van der Waals surface area contributed by atoms with Crippen molar-refractivity contribution in [1.82, 2.24) is 15.0 Å². The molecule has 0 unspecified atom stereocenters. The Morgan fingerprint density at radius 3 is 2.51 bits per heavy atom. The predicted octanol–water partition coefficient (Wildman–Crippen LogP) is 9.28. The van der Waals surface area contributed by atoms with Crippen molar-refractivity contribution in [1.29, 1.82) is 0 Å². The fourth-order valence-corrected chi connectivity index (χ4v) is 5.74. The van der Waals surface area contributed by atoms with E-state index >= 15 is 0 Å². The van der Waals surface area contributed by atoms with Gasteiger partial charge < -0.3 is 14.4 Å². The zero-order chi connectivity index (χ0) is 29.4. The maximum atomic E-state index is 7.97. The maximum Gasteiger partial charge on any atom is 0.215 e. The molecule has 0 spiro atoms. The van der Waals surface area contributed by atoms with E-state index in [1.807, 2.05) is 25.3 Å². The van der Waals surface area contributed by atoms with Gasteiger partial charge in [-0.25, -0.2) is 4.98 Å². The number of nitrogens with zero attached hydrogens (tertiary/aromatic N) is 3. The van der Waals surface area contributed by atoms with Gasteiger partial charge in [0.05, 0.1) is 8.32 Å². The molecule has 6 aromatic rings. The van der Waals surface area contributed by atoms with Gasteiger partial charge in [0.2, 0.25) is 5.71 Å². The Bertz CT molecular complexity index is 1930. The third-order valence-electron chi connectivity index (χ3n) is 7.80. The van der Waals surface area contributed by atoms with Crippen LogP contribution in [0.15, 0.2) is 77.6 Å². The van der Waals surface area contributed by atoms with Crippen LogP contribution in [0.2, 0.25) is 0 Å². The molecule has 0 bridgehead atoms. The summed E-state index contributed by atoms with van der Waals surface area (Å²) in [7, 11) is 0. The van der Waals surface area contributed by atoms with Crippen LogP contribution in [-0.4, -0.2) is 15.0 Å². The third-order valence-corrected chi connectivity index (χ3v) is 7.80. The molecular formula is C36H33IrN3O-2. The zero-order valence-corrected chi connectivity index (χ0v) is 26.2. The summed E-state index contributed by atoms with van der Waals surface area (Å²) in [6.07, 6.45) is 10.7. The summed E-state index contributed by atoms with van der Waals surface area (Å²) in [6.45, 7) is 8.46. The van der Waals surface area contributed by atoms with Gasteiger partial charge in [0.25, 0.3) is 0 Å². The summed E-state index contributed by atoms with van der Waals surface area (Å²) in [5.41, 5.74) is 11.0. The second kappa shape index (κ2) is 12.5. The number of rotatable bonds is 3. The van der Waals surface area contributed by atoms with Gasteiger partial charge in [-0.1, -0.05) is 56.3 Å². The van der Waals surface area contributed by atoms with Gasteiger partial charge in [0, 0.05) is 44.1 Å². The molecule has 0 atom stereocenters. The van der Waals surface area contributed by atoms with E-state index in [-0.39, 0.29) is 32.2 Å². The number of aromatic nitrogens is 3. The van der Waals surface area contributed by atoms with Crippen LogP contribution in [0.25, 0.3) is 44.6 Å². The Balaban J connectivity index is 0.000000168. The fourth-order valence-electron chi connectivity index (χ4n) is 5.74. The van der Waals surface area contributed by atoms with Crippen molar-refractivity contribution in [3.05, 3.63) is 113 Å². The summed E-state index contributed by atoms with van der Waals surface area (Å²) in [5.74, 6) is 0.738. The van der Waals surface area contributed by atoms with E-state index in [1.165, 1.54) is 60.2 Å². The Labute approximate surface area is 258 Å². The standard InChI is InChI=1S/C19H22N.C17H11N2O.Ir/c1-13-8-9-17(14(2)10-13)19-11-18(15(3)12-20-19)16-6-4-5-7-16;1-11-7-9-19-17-16(11)13-6-5-12(10-15(13)20-17)14-4-2-3-8-18-14;/h8,10-12,16H,4-7H2,1-3H3;2-4,6-10H,1H3;/q2*-1;/i;2D,4D;. The molecule has 4 aromatic heterocycles. The first kappa shape index (κ1) is 26.3. The largest absolute Gasteiger partial charge is 0.458 e. The molecule has 1 radical (unpaired) electrons. The number of aryl methyl sites for hydroxylation is 4. The molecule has 1 aliphatic rings. The molecule has 2 aromatic carbocycles. The topological polar surface area (TPSA) is 51.8 Å². The van der Waals surface area contributed by atoms with Crippen molar-refractivity contribution < 1.29 is 27.3 Å². The number of pyridine rings is 3. The van der Waals surface area contributed by atoms with Gasteiger partial charge in [-0.2, -0.15) is 0 Å². The molecule has 1 fully saturated rings. The van der Waals surface area contributed by atoms with E-state index in [2.05, 4.69) is 66.1 Å². The molecular weight excluding hydrogens is 683 g/mol. The number of furan rings is 1. The van der Waals surface area contributed by atoms with Crippen molar-refractivity contribution in [2.24, 2.45) is 0 Å². The van der Waals surface area contributed by atoms with Crippen LogP contribution in [0.1, 0.15) is 62.2 Å². The summed E-state index contributed by atoms with van der Waals surface area (Å²) in [6, 6.07) is 20.4. The summed E-state index contributed by atoms with van der Waals surface area (Å²) in [4.78, 5) is 13.1. The first-order valence-corrected chi connectivity index (χ1v) is 13.9. The van der Waals surface area contributed by atoms with Crippen LogP contribution in [0.5, 0.6) is 0 Å². The van der Waals surface area contributed by atoms with E-state index in [9.17, 15) is 0 Å².